The molecular formula is C34H53NO. The van der Waals surface area contributed by atoms with Gasteiger partial charge in [0.1, 0.15) is 0 Å². The van der Waals surface area contributed by atoms with E-state index in [9.17, 15) is 4.79 Å². The fourth-order valence-electron chi connectivity index (χ4n) is 7.74. The quantitative estimate of drug-likeness (QED) is 0.243. The lowest BCUT2D eigenvalue weighted by Gasteiger charge is -2.38. The number of carbonyl (C=O) groups is 1. The third-order valence-corrected chi connectivity index (χ3v) is 10.2. The summed E-state index contributed by atoms with van der Waals surface area (Å²) in [6.07, 6.45) is 26.4. The van der Waals surface area contributed by atoms with Crippen molar-refractivity contribution in [2.24, 2.45) is 23.7 Å². The van der Waals surface area contributed by atoms with E-state index in [4.69, 9.17) is 0 Å². The lowest BCUT2D eigenvalue weighted by Crippen LogP contribution is -2.36. The molecule has 1 aromatic rings. The van der Waals surface area contributed by atoms with E-state index in [1.54, 1.807) is 0 Å². The van der Waals surface area contributed by atoms with Gasteiger partial charge in [-0.2, -0.15) is 0 Å². The number of aryl methyl sites for hydroxylation is 1. The molecule has 1 aromatic carbocycles. The predicted octanol–water partition coefficient (Wildman–Crippen LogP) is 9.14. The molecule has 0 unspecified atom stereocenters. The molecule has 36 heavy (non-hydrogen) atoms. The van der Waals surface area contributed by atoms with Gasteiger partial charge in [-0.15, -0.1) is 0 Å². The van der Waals surface area contributed by atoms with E-state index in [0.717, 1.165) is 36.5 Å². The highest BCUT2D eigenvalue weighted by atomic mass is 16.1. The summed E-state index contributed by atoms with van der Waals surface area (Å²) >= 11 is 0. The average Bonchev–Trinajstić information content (AvgIpc) is 2.93. The topological polar surface area (TPSA) is 29.1 Å². The zero-order chi connectivity index (χ0) is 25.2. The summed E-state index contributed by atoms with van der Waals surface area (Å²) in [7, 11) is 0. The van der Waals surface area contributed by atoms with Crippen molar-refractivity contribution < 1.29 is 4.79 Å². The summed E-state index contributed by atoms with van der Waals surface area (Å²) in [4.78, 5) is 11.6. The molecule has 4 rings (SSSR count). The Morgan fingerprint density at radius 2 is 1.39 bits per heavy atom. The van der Waals surface area contributed by atoms with Crippen LogP contribution >= 0.6 is 0 Å². The second-order valence-corrected chi connectivity index (χ2v) is 12.6. The molecule has 1 N–H and O–H groups in total. The number of rotatable bonds is 11. The minimum atomic E-state index is -0.0309. The molecule has 2 heteroatoms. The Bertz CT molecular complexity index is 774. The Morgan fingerprint density at radius 3 is 1.94 bits per heavy atom. The van der Waals surface area contributed by atoms with Crippen molar-refractivity contribution >= 4 is 5.91 Å². The van der Waals surface area contributed by atoms with E-state index in [0.29, 0.717) is 12.0 Å². The molecule has 0 heterocycles. The van der Waals surface area contributed by atoms with Gasteiger partial charge in [-0.3, -0.25) is 4.79 Å². The van der Waals surface area contributed by atoms with Gasteiger partial charge in [-0.1, -0.05) is 89.1 Å². The number of unbranched alkanes of at least 4 members (excludes halogenated alkanes) is 2. The minimum Gasteiger partial charge on any atom is -0.350 e. The van der Waals surface area contributed by atoms with Gasteiger partial charge >= 0.3 is 0 Å². The normalized spacial score (nSPS) is 31.0. The molecule has 3 saturated carbocycles. The zero-order valence-corrected chi connectivity index (χ0v) is 23.2. The standard InChI is InChI=1S/C34H53NO/c1-3-5-6-7-26-10-16-29(17-11-26)30-18-12-27(13-19-30)8-9-28-14-20-31(21-15-28)32-22-24-33(25-23-32)35-34(36)4-2/h4,14-15,20-21,26-27,29-30,32-33H,2-3,5-13,16-19,22-25H2,1H3,(H,35,36). The van der Waals surface area contributed by atoms with Crippen LogP contribution in [0.5, 0.6) is 0 Å². The van der Waals surface area contributed by atoms with Crippen LogP contribution in [0.25, 0.3) is 0 Å². The maximum absolute atomic E-state index is 11.6. The van der Waals surface area contributed by atoms with E-state index in [2.05, 4.69) is 43.1 Å². The molecule has 0 atom stereocenters. The summed E-state index contributed by atoms with van der Waals surface area (Å²) in [5, 5.41) is 3.07. The maximum atomic E-state index is 11.6. The minimum absolute atomic E-state index is 0.0309. The molecule has 0 saturated heterocycles. The van der Waals surface area contributed by atoms with E-state index in [1.165, 1.54) is 120 Å². The van der Waals surface area contributed by atoms with Crippen molar-refractivity contribution in [1.82, 2.24) is 5.32 Å². The maximum Gasteiger partial charge on any atom is 0.243 e. The lowest BCUT2D eigenvalue weighted by atomic mass is 9.68. The van der Waals surface area contributed by atoms with Crippen LogP contribution < -0.4 is 5.32 Å². The van der Waals surface area contributed by atoms with Crippen LogP contribution in [0.2, 0.25) is 0 Å². The third-order valence-electron chi connectivity index (χ3n) is 10.2. The molecule has 0 aromatic heterocycles. The van der Waals surface area contributed by atoms with Gasteiger partial charge in [0.15, 0.2) is 0 Å². The fourth-order valence-corrected chi connectivity index (χ4v) is 7.74. The first-order valence-corrected chi connectivity index (χ1v) is 15.7. The van der Waals surface area contributed by atoms with Crippen molar-refractivity contribution in [3.05, 3.63) is 48.0 Å². The van der Waals surface area contributed by atoms with Crippen LogP contribution in [-0.4, -0.2) is 11.9 Å². The number of hydrogen-bond acceptors (Lipinski definition) is 1. The molecule has 3 aliphatic rings. The van der Waals surface area contributed by atoms with Gasteiger partial charge in [-0.25, -0.2) is 0 Å². The highest BCUT2D eigenvalue weighted by molar-refractivity contribution is 5.87. The van der Waals surface area contributed by atoms with Gasteiger partial charge in [-0.05, 0) is 111 Å². The molecule has 3 fully saturated rings. The number of hydrogen-bond donors (Lipinski definition) is 1. The van der Waals surface area contributed by atoms with Crippen molar-refractivity contribution in [2.75, 3.05) is 0 Å². The smallest absolute Gasteiger partial charge is 0.243 e. The average molecular weight is 492 g/mol. The molecule has 0 spiro atoms. The van der Waals surface area contributed by atoms with E-state index in [1.807, 2.05) is 0 Å². The number of carbonyl (C=O) groups excluding carboxylic acids is 1. The number of nitrogens with one attached hydrogen (secondary N) is 1. The Morgan fingerprint density at radius 1 is 0.806 bits per heavy atom. The van der Waals surface area contributed by atoms with Crippen LogP contribution in [0.4, 0.5) is 0 Å². The SMILES string of the molecule is C=CC(=O)NC1CCC(c2ccc(CCC3CCC(C4CCC(CCCCC)CC4)CC3)cc2)CC1. The van der Waals surface area contributed by atoms with Crippen molar-refractivity contribution in [3.63, 3.8) is 0 Å². The first-order chi connectivity index (χ1) is 17.6. The molecule has 2 nitrogen and oxygen atoms in total. The van der Waals surface area contributed by atoms with Crippen LogP contribution in [0, 0.1) is 23.7 Å². The first-order valence-electron chi connectivity index (χ1n) is 15.7. The second kappa shape index (κ2) is 14.4. The van der Waals surface area contributed by atoms with Crippen molar-refractivity contribution in [2.45, 2.75) is 134 Å². The van der Waals surface area contributed by atoms with E-state index >= 15 is 0 Å². The number of benzene rings is 1. The van der Waals surface area contributed by atoms with Crippen molar-refractivity contribution in [1.29, 1.82) is 0 Å². The molecule has 1 amide bonds. The van der Waals surface area contributed by atoms with Crippen LogP contribution in [0.1, 0.15) is 133 Å². The summed E-state index contributed by atoms with van der Waals surface area (Å²) in [5.74, 6) is 4.71. The molecule has 200 valence electrons. The summed E-state index contributed by atoms with van der Waals surface area (Å²) in [6, 6.07) is 9.89. The highest BCUT2D eigenvalue weighted by Gasteiger charge is 2.30. The van der Waals surface area contributed by atoms with Gasteiger partial charge in [0.2, 0.25) is 5.91 Å². The van der Waals surface area contributed by atoms with E-state index < -0.39 is 0 Å². The fraction of sp³-hybridized carbons (Fsp3) is 0.735. The molecule has 0 radical (unpaired) electrons. The molecule has 3 aliphatic carbocycles. The Balaban J connectivity index is 1.11. The summed E-state index contributed by atoms with van der Waals surface area (Å²) in [6.45, 7) is 5.89. The summed E-state index contributed by atoms with van der Waals surface area (Å²) in [5.41, 5.74) is 3.02. The molecule has 0 bridgehead atoms. The molecular weight excluding hydrogens is 438 g/mol. The van der Waals surface area contributed by atoms with Gasteiger partial charge in [0.25, 0.3) is 0 Å². The van der Waals surface area contributed by atoms with Crippen LogP contribution in [0.15, 0.2) is 36.9 Å². The lowest BCUT2D eigenvalue weighted by molar-refractivity contribution is -0.117. The van der Waals surface area contributed by atoms with Gasteiger partial charge < -0.3 is 5.32 Å². The van der Waals surface area contributed by atoms with Crippen LogP contribution in [-0.2, 0) is 11.2 Å². The third kappa shape index (κ3) is 8.22. The Hall–Kier alpha value is -1.57. The van der Waals surface area contributed by atoms with Crippen LogP contribution in [0.3, 0.4) is 0 Å². The van der Waals surface area contributed by atoms with E-state index in [-0.39, 0.29) is 5.91 Å². The Kier molecular flexibility index (Phi) is 11.0. The predicted molar refractivity (Wildman–Crippen MR) is 153 cm³/mol. The molecule has 0 aliphatic heterocycles. The number of amides is 1. The summed E-state index contributed by atoms with van der Waals surface area (Å²) < 4.78 is 0. The van der Waals surface area contributed by atoms with Gasteiger partial charge in [0.05, 0.1) is 0 Å². The largest absolute Gasteiger partial charge is 0.350 e. The van der Waals surface area contributed by atoms with Crippen molar-refractivity contribution in [3.8, 4) is 0 Å². The highest BCUT2D eigenvalue weighted by Crippen LogP contribution is 2.43. The van der Waals surface area contributed by atoms with Gasteiger partial charge in [0, 0.05) is 6.04 Å². The zero-order valence-electron chi connectivity index (χ0n) is 23.2. The second-order valence-electron chi connectivity index (χ2n) is 12.6. The first kappa shape index (κ1) is 27.5. The monoisotopic (exact) mass is 491 g/mol. The Labute approximate surface area is 222 Å².